The number of fused-ring (bicyclic) bond motifs is 1. The SMILES string of the molecule is CCOC(=O)c1sc2nc([C@H](C)N(C)Cc3ccccc3C)[nH]c(=O)c2c1C. The third-order valence-electron chi connectivity index (χ3n) is 5.02. The number of rotatable bonds is 6. The van der Waals surface area contributed by atoms with E-state index in [-0.39, 0.29) is 11.6 Å². The van der Waals surface area contributed by atoms with Crippen LogP contribution in [0, 0.1) is 13.8 Å². The third-order valence-corrected chi connectivity index (χ3v) is 6.18. The average Bonchev–Trinajstić information content (AvgIpc) is 3.00. The number of esters is 1. The molecule has 0 saturated carbocycles. The first-order valence-corrected chi connectivity index (χ1v) is 10.1. The Hall–Kier alpha value is -2.51. The number of aromatic amines is 1. The van der Waals surface area contributed by atoms with Crippen LogP contribution in [0.5, 0.6) is 0 Å². The van der Waals surface area contributed by atoms with Crippen LogP contribution in [-0.4, -0.2) is 34.5 Å². The Balaban J connectivity index is 1.93. The molecule has 0 unspecified atom stereocenters. The van der Waals surface area contributed by atoms with Gasteiger partial charge < -0.3 is 9.72 Å². The fourth-order valence-corrected chi connectivity index (χ4v) is 4.23. The average molecular weight is 400 g/mol. The minimum absolute atomic E-state index is 0.0924. The molecule has 0 aliphatic carbocycles. The first-order chi connectivity index (χ1) is 13.3. The fourth-order valence-electron chi connectivity index (χ4n) is 3.15. The molecule has 3 aromatic rings. The Bertz CT molecular complexity index is 1070. The molecule has 3 rings (SSSR count). The second-order valence-electron chi connectivity index (χ2n) is 6.93. The molecule has 0 saturated heterocycles. The highest BCUT2D eigenvalue weighted by Crippen LogP contribution is 2.29. The molecular formula is C21H25N3O3S. The first kappa shape index (κ1) is 20.2. The molecule has 0 spiro atoms. The zero-order valence-electron chi connectivity index (χ0n) is 16.8. The summed E-state index contributed by atoms with van der Waals surface area (Å²) in [6.45, 7) is 8.65. The Morgan fingerprint density at radius 1 is 1.32 bits per heavy atom. The molecule has 2 heterocycles. The molecule has 0 radical (unpaired) electrons. The normalized spacial score (nSPS) is 12.5. The van der Waals surface area contributed by atoms with Gasteiger partial charge in [0.15, 0.2) is 0 Å². The number of carbonyl (C=O) groups is 1. The third kappa shape index (κ3) is 3.86. The molecule has 0 fully saturated rings. The van der Waals surface area contributed by atoms with Crippen molar-refractivity contribution in [2.45, 2.75) is 40.3 Å². The maximum Gasteiger partial charge on any atom is 0.348 e. The van der Waals surface area contributed by atoms with E-state index in [2.05, 4.69) is 33.9 Å². The smallest absolute Gasteiger partial charge is 0.348 e. The van der Waals surface area contributed by atoms with Crippen LogP contribution in [0.2, 0.25) is 0 Å². The first-order valence-electron chi connectivity index (χ1n) is 9.28. The fraction of sp³-hybridized carbons (Fsp3) is 0.381. The molecule has 7 heteroatoms. The second kappa shape index (κ2) is 8.24. The summed E-state index contributed by atoms with van der Waals surface area (Å²) >= 11 is 1.21. The van der Waals surface area contributed by atoms with Crippen molar-refractivity contribution in [3.05, 3.63) is 62.0 Å². The zero-order valence-corrected chi connectivity index (χ0v) is 17.6. The summed E-state index contributed by atoms with van der Waals surface area (Å²) in [7, 11) is 2.00. The molecule has 1 N–H and O–H groups in total. The number of carbonyl (C=O) groups excluding carboxylic acids is 1. The van der Waals surface area contributed by atoms with Crippen molar-refractivity contribution in [1.82, 2.24) is 14.9 Å². The molecule has 148 valence electrons. The molecular weight excluding hydrogens is 374 g/mol. The van der Waals surface area contributed by atoms with E-state index in [1.54, 1.807) is 13.8 Å². The van der Waals surface area contributed by atoms with Crippen molar-refractivity contribution < 1.29 is 9.53 Å². The number of hydrogen-bond acceptors (Lipinski definition) is 6. The number of hydrogen-bond donors (Lipinski definition) is 1. The van der Waals surface area contributed by atoms with Gasteiger partial charge in [0, 0.05) is 6.54 Å². The van der Waals surface area contributed by atoms with Crippen molar-refractivity contribution in [3.8, 4) is 0 Å². The van der Waals surface area contributed by atoms with E-state index in [9.17, 15) is 9.59 Å². The van der Waals surface area contributed by atoms with E-state index in [0.717, 1.165) is 6.54 Å². The van der Waals surface area contributed by atoms with Gasteiger partial charge in [-0.05, 0) is 51.4 Å². The van der Waals surface area contributed by atoms with Gasteiger partial charge in [0.25, 0.3) is 5.56 Å². The quantitative estimate of drug-likeness (QED) is 0.635. The molecule has 6 nitrogen and oxygen atoms in total. The lowest BCUT2D eigenvalue weighted by molar-refractivity contribution is 0.0531. The van der Waals surface area contributed by atoms with Gasteiger partial charge in [-0.3, -0.25) is 9.69 Å². The summed E-state index contributed by atoms with van der Waals surface area (Å²) < 4.78 is 5.09. The number of nitrogens with one attached hydrogen (secondary N) is 1. The summed E-state index contributed by atoms with van der Waals surface area (Å²) in [5.74, 6) is 0.180. The van der Waals surface area contributed by atoms with Gasteiger partial charge in [0.1, 0.15) is 15.5 Å². The lowest BCUT2D eigenvalue weighted by Crippen LogP contribution is -2.26. The number of thiophene rings is 1. The van der Waals surface area contributed by atoms with Gasteiger partial charge >= 0.3 is 5.97 Å². The highest BCUT2D eigenvalue weighted by molar-refractivity contribution is 7.20. The van der Waals surface area contributed by atoms with Gasteiger partial charge in [-0.15, -0.1) is 11.3 Å². The molecule has 2 aromatic heterocycles. The van der Waals surface area contributed by atoms with Crippen LogP contribution in [0.4, 0.5) is 0 Å². The standard InChI is InChI=1S/C21H25N3O3S/c1-6-27-21(26)17-13(3)16-19(25)22-18(23-20(16)28-17)14(4)24(5)11-15-10-8-7-9-12(15)2/h7-10,14H,6,11H2,1-5H3,(H,22,23,25)/t14-/m0/s1. The van der Waals surface area contributed by atoms with Crippen molar-refractivity contribution in [2.24, 2.45) is 0 Å². The van der Waals surface area contributed by atoms with Gasteiger partial charge in [0.05, 0.1) is 18.0 Å². The Labute approximate surface area is 168 Å². The van der Waals surface area contributed by atoms with Crippen LogP contribution in [0.1, 0.15) is 52.1 Å². The van der Waals surface area contributed by atoms with Gasteiger partial charge in [-0.25, -0.2) is 9.78 Å². The maximum atomic E-state index is 12.7. The Morgan fingerprint density at radius 3 is 2.71 bits per heavy atom. The van der Waals surface area contributed by atoms with Crippen LogP contribution in [0.3, 0.4) is 0 Å². The van der Waals surface area contributed by atoms with Crippen LogP contribution in [0.15, 0.2) is 29.1 Å². The number of ether oxygens (including phenoxy) is 1. The number of nitrogens with zero attached hydrogens (tertiary/aromatic N) is 2. The lowest BCUT2D eigenvalue weighted by Gasteiger charge is -2.24. The van der Waals surface area contributed by atoms with Crippen molar-refractivity contribution in [2.75, 3.05) is 13.7 Å². The van der Waals surface area contributed by atoms with Crippen LogP contribution in [-0.2, 0) is 11.3 Å². The van der Waals surface area contributed by atoms with E-state index >= 15 is 0 Å². The van der Waals surface area contributed by atoms with E-state index in [4.69, 9.17) is 4.74 Å². The Kier molecular flexibility index (Phi) is 5.96. The summed E-state index contributed by atoms with van der Waals surface area (Å²) in [6.07, 6.45) is 0. The molecule has 0 aliphatic rings. The predicted octanol–water partition coefficient (Wildman–Crippen LogP) is 3.97. The topological polar surface area (TPSA) is 75.3 Å². The zero-order chi connectivity index (χ0) is 20.4. The minimum atomic E-state index is -0.409. The van der Waals surface area contributed by atoms with Crippen LogP contribution in [0.25, 0.3) is 10.2 Å². The molecule has 0 bridgehead atoms. The molecule has 1 atom stereocenters. The predicted molar refractivity (Wildman–Crippen MR) is 112 cm³/mol. The number of H-pyrrole nitrogens is 1. The number of benzene rings is 1. The summed E-state index contributed by atoms with van der Waals surface area (Å²) in [6, 6.07) is 8.15. The van der Waals surface area contributed by atoms with Crippen molar-refractivity contribution >= 4 is 27.5 Å². The number of aryl methyl sites for hydroxylation is 2. The molecule has 28 heavy (non-hydrogen) atoms. The Morgan fingerprint density at radius 2 is 2.04 bits per heavy atom. The minimum Gasteiger partial charge on any atom is -0.462 e. The van der Waals surface area contributed by atoms with E-state index in [0.29, 0.717) is 33.1 Å². The van der Waals surface area contributed by atoms with Gasteiger partial charge in [-0.2, -0.15) is 0 Å². The summed E-state index contributed by atoms with van der Waals surface area (Å²) in [4.78, 5) is 35.5. The molecule has 1 aromatic carbocycles. The second-order valence-corrected chi connectivity index (χ2v) is 7.92. The van der Waals surface area contributed by atoms with Gasteiger partial charge in [-0.1, -0.05) is 24.3 Å². The van der Waals surface area contributed by atoms with E-state index < -0.39 is 5.97 Å². The summed E-state index contributed by atoms with van der Waals surface area (Å²) in [5.41, 5.74) is 2.86. The molecule has 0 aliphatic heterocycles. The van der Waals surface area contributed by atoms with Crippen LogP contribution < -0.4 is 5.56 Å². The summed E-state index contributed by atoms with van der Waals surface area (Å²) in [5, 5.41) is 0.463. The van der Waals surface area contributed by atoms with E-state index in [1.165, 1.54) is 22.5 Å². The van der Waals surface area contributed by atoms with E-state index in [1.807, 2.05) is 26.1 Å². The van der Waals surface area contributed by atoms with Gasteiger partial charge in [0.2, 0.25) is 0 Å². The largest absolute Gasteiger partial charge is 0.462 e. The highest BCUT2D eigenvalue weighted by atomic mass is 32.1. The lowest BCUT2D eigenvalue weighted by atomic mass is 10.1. The highest BCUT2D eigenvalue weighted by Gasteiger charge is 2.22. The monoisotopic (exact) mass is 399 g/mol. The maximum absolute atomic E-state index is 12.7. The number of aromatic nitrogens is 2. The van der Waals surface area contributed by atoms with Crippen LogP contribution >= 0.6 is 11.3 Å². The van der Waals surface area contributed by atoms with Crippen molar-refractivity contribution in [1.29, 1.82) is 0 Å². The molecule has 0 amide bonds. The van der Waals surface area contributed by atoms with Crippen molar-refractivity contribution in [3.63, 3.8) is 0 Å².